The number of hydrogen-bond acceptors (Lipinski definition) is 4. The molecule has 34 heavy (non-hydrogen) atoms. The zero-order chi connectivity index (χ0) is 25.0. The molecule has 0 aromatic heterocycles. The third-order valence-corrected chi connectivity index (χ3v) is 6.11. The van der Waals surface area contributed by atoms with Gasteiger partial charge in [0.05, 0.1) is 29.2 Å². The fourth-order valence-corrected chi connectivity index (χ4v) is 4.48. The number of aliphatic carboxylic acids is 1. The highest BCUT2D eigenvalue weighted by molar-refractivity contribution is 5.95. The van der Waals surface area contributed by atoms with Crippen LogP contribution in [0.2, 0.25) is 0 Å². The van der Waals surface area contributed by atoms with Gasteiger partial charge in [-0.15, -0.1) is 0 Å². The van der Waals surface area contributed by atoms with Crippen molar-refractivity contribution in [2.24, 2.45) is 11.8 Å². The summed E-state index contributed by atoms with van der Waals surface area (Å²) in [7, 11) is 1.75. The Hall–Kier alpha value is -3.14. The second kappa shape index (κ2) is 10.4. The molecule has 184 valence electrons. The predicted octanol–water partition coefficient (Wildman–Crippen LogP) is 5.12. The largest absolute Gasteiger partial charge is 0.481 e. The maximum absolute atomic E-state index is 14.3. The minimum atomic E-state index is -4.73. The van der Waals surface area contributed by atoms with Crippen molar-refractivity contribution >= 4 is 23.3 Å². The monoisotopic (exact) mass is 482 g/mol. The topological polar surface area (TPSA) is 87.7 Å². The first-order valence-corrected chi connectivity index (χ1v) is 10.8. The number of carboxylic acids is 1. The van der Waals surface area contributed by atoms with Crippen LogP contribution in [0.4, 0.5) is 28.9 Å². The number of amides is 1. The Labute approximate surface area is 194 Å². The number of halogens is 4. The minimum Gasteiger partial charge on any atom is -0.481 e. The molecule has 1 saturated carbocycles. The predicted molar refractivity (Wildman–Crippen MR) is 118 cm³/mol. The molecular weight excluding hydrogens is 456 g/mol. The van der Waals surface area contributed by atoms with Crippen LogP contribution in [0.25, 0.3) is 0 Å². The molecule has 2 aromatic carbocycles. The Morgan fingerprint density at radius 3 is 2.32 bits per heavy atom. The Balaban J connectivity index is 1.91. The highest BCUT2D eigenvalue weighted by atomic mass is 19.4. The number of carbonyl (C=O) groups excluding carboxylic acids is 1. The minimum absolute atomic E-state index is 0.0873. The smallest absolute Gasteiger partial charge is 0.416 e. The number of hydrogen-bond donors (Lipinski definition) is 3. The van der Waals surface area contributed by atoms with E-state index >= 15 is 0 Å². The van der Waals surface area contributed by atoms with E-state index in [0.717, 1.165) is 11.8 Å². The molecule has 6 nitrogen and oxygen atoms in total. The lowest BCUT2D eigenvalue weighted by Gasteiger charge is -2.39. The van der Waals surface area contributed by atoms with Crippen LogP contribution in [0.3, 0.4) is 0 Å². The van der Waals surface area contributed by atoms with Crippen molar-refractivity contribution in [2.75, 3.05) is 24.3 Å². The summed E-state index contributed by atoms with van der Waals surface area (Å²) in [5.74, 6) is -6.00. The first kappa shape index (κ1) is 25.5. The van der Waals surface area contributed by atoms with Crippen molar-refractivity contribution in [3.63, 3.8) is 0 Å². The Morgan fingerprint density at radius 2 is 1.79 bits per heavy atom. The van der Waals surface area contributed by atoms with Gasteiger partial charge in [0, 0.05) is 25.3 Å². The lowest BCUT2D eigenvalue weighted by Crippen LogP contribution is -2.44. The van der Waals surface area contributed by atoms with Gasteiger partial charge in [-0.25, -0.2) is 4.39 Å². The van der Waals surface area contributed by atoms with E-state index in [0.29, 0.717) is 30.7 Å². The van der Waals surface area contributed by atoms with Crippen LogP contribution in [0.1, 0.15) is 36.8 Å². The number of rotatable bonds is 7. The average Bonchev–Trinajstić information content (AvgIpc) is 2.79. The maximum atomic E-state index is 14.3. The number of carbonyl (C=O) groups is 2. The summed E-state index contributed by atoms with van der Waals surface area (Å²) in [5.41, 5.74) is -0.0876. The summed E-state index contributed by atoms with van der Waals surface area (Å²) >= 11 is 0. The fourth-order valence-electron chi connectivity index (χ4n) is 4.48. The molecule has 3 N–H and O–H groups in total. The van der Waals surface area contributed by atoms with Gasteiger partial charge in [-0.1, -0.05) is 12.1 Å². The van der Waals surface area contributed by atoms with Gasteiger partial charge < -0.3 is 20.5 Å². The SMILES string of the molecule is CCOC1CC(C(=O)Nc2ccc(C(F)(F)F)cc2F)C(C(=O)O)[C@@H](c2ccc(NC)cc2)C1. The summed E-state index contributed by atoms with van der Waals surface area (Å²) in [6, 6.07) is 8.93. The molecule has 0 saturated heterocycles. The van der Waals surface area contributed by atoms with E-state index < -0.39 is 59.0 Å². The van der Waals surface area contributed by atoms with Crippen LogP contribution in [-0.2, 0) is 20.5 Å². The van der Waals surface area contributed by atoms with Crippen LogP contribution in [0.5, 0.6) is 0 Å². The summed E-state index contributed by atoms with van der Waals surface area (Å²) in [5, 5.41) is 15.3. The van der Waals surface area contributed by atoms with Gasteiger partial charge in [-0.05, 0) is 55.7 Å². The second-order valence-electron chi connectivity index (χ2n) is 8.18. The van der Waals surface area contributed by atoms with Crippen molar-refractivity contribution < 1.29 is 37.0 Å². The number of benzene rings is 2. The van der Waals surface area contributed by atoms with Gasteiger partial charge in [0.1, 0.15) is 5.82 Å². The maximum Gasteiger partial charge on any atom is 0.416 e. The number of nitrogens with one attached hydrogen (secondary N) is 2. The molecule has 1 aliphatic carbocycles. The molecule has 3 unspecified atom stereocenters. The third kappa shape index (κ3) is 5.67. The molecule has 1 aliphatic rings. The van der Waals surface area contributed by atoms with E-state index in [1.807, 2.05) is 0 Å². The highest BCUT2D eigenvalue weighted by Gasteiger charge is 2.46. The second-order valence-corrected chi connectivity index (χ2v) is 8.18. The lowest BCUT2D eigenvalue weighted by atomic mass is 9.67. The molecule has 1 fully saturated rings. The molecule has 0 aliphatic heterocycles. The van der Waals surface area contributed by atoms with E-state index in [1.54, 1.807) is 38.2 Å². The van der Waals surface area contributed by atoms with Gasteiger partial charge >= 0.3 is 12.1 Å². The summed E-state index contributed by atoms with van der Waals surface area (Å²) < 4.78 is 58.5. The Morgan fingerprint density at radius 1 is 1.12 bits per heavy atom. The number of carboxylic acid groups (broad SMARTS) is 1. The molecule has 0 spiro atoms. The van der Waals surface area contributed by atoms with E-state index in [-0.39, 0.29) is 6.42 Å². The van der Waals surface area contributed by atoms with Gasteiger partial charge in [0.25, 0.3) is 0 Å². The quantitative estimate of drug-likeness (QED) is 0.477. The third-order valence-electron chi connectivity index (χ3n) is 6.11. The van der Waals surface area contributed by atoms with Crippen LogP contribution in [0.15, 0.2) is 42.5 Å². The standard InChI is InChI=1S/C24H26F4N2O4/c1-3-34-16-11-17(13-4-7-15(29-2)8-5-13)21(23(32)33)18(12-16)22(31)30-20-9-6-14(10-19(20)25)24(26,27)28/h4-10,16-18,21,29H,3,11-12H2,1-2H3,(H,30,31)(H,32,33)/t16?,17-,18?,21?/m1/s1. The molecule has 0 bridgehead atoms. The van der Waals surface area contributed by atoms with Crippen molar-refractivity contribution in [2.45, 2.75) is 38.0 Å². The van der Waals surface area contributed by atoms with Gasteiger partial charge in [0.2, 0.25) is 5.91 Å². The first-order valence-electron chi connectivity index (χ1n) is 10.8. The van der Waals surface area contributed by atoms with Crippen LogP contribution in [-0.4, -0.2) is 36.7 Å². The van der Waals surface area contributed by atoms with E-state index in [4.69, 9.17) is 4.74 Å². The average molecular weight is 482 g/mol. The number of alkyl halides is 3. The van der Waals surface area contributed by atoms with Crippen molar-refractivity contribution in [3.05, 3.63) is 59.4 Å². The molecular formula is C24H26F4N2O4. The van der Waals surface area contributed by atoms with E-state index in [1.165, 1.54) is 0 Å². The molecule has 0 heterocycles. The van der Waals surface area contributed by atoms with Crippen molar-refractivity contribution in [3.8, 4) is 0 Å². The van der Waals surface area contributed by atoms with Crippen molar-refractivity contribution in [1.82, 2.24) is 0 Å². The molecule has 1 amide bonds. The van der Waals surface area contributed by atoms with Gasteiger partial charge in [-0.2, -0.15) is 13.2 Å². The molecule has 0 radical (unpaired) electrons. The lowest BCUT2D eigenvalue weighted by molar-refractivity contribution is -0.151. The molecule has 4 atom stereocenters. The zero-order valence-electron chi connectivity index (χ0n) is 18.7. The fraction of sp³-hybridized carbons (Fsp3) is 0.417. The van der Waals surface area contributed by atoms with Gasteiger partial charge in [-0.3, -0.25) is 9.59 Å². The first-order chi connectivity index (χ1) is 16.0. The summed E-state index contributed by atoms with van der Waals surface area (Å²) in [6.45, 7) is 2.14. The van der Waals surface area contributed by atoms with Crippen LogP contribution in [0, 0.1) is 17.7 Å². The van der Waals surface area contributed by atoms with Gasteiger partial charge in [0.15, 0.2) is 0 Å². The molecule has 2 aromatic rings. The van der Waals surface area contributed by atoms with Crippen LogP contribution >= 0.6 is 0 Å². The molecule has 10 heteroatoms. The Bertz CT molecular complexity index is 1030. The normalized spacial score (nSPS) is 22.8. The summed E-state index contributed by atoms with van der Waals surface area (Å²) in [6.07, 6.45) is -4.68. The van der Waals surface area contributed by atoms with Crippen molar-refractivity contribution in [1.29, 1.82) is 0 Å². The summed E-state index contributed by atoms with van der Waals surface area (Å²) in [4.78, 5) is 25.4. The number of anilines is 2. The van der Waals surface area contributed by atoms with E-state index in [2.05, 4.69) is 10.6 Å². The number of ether oxygens (including phenoxy) is 1. The van der Waals surface area contributed by atoms with Crippen LogP contribution < -0.4 is 10.6 Å². The molecule has 3 rings (SSSR count). The highest BCUT2D eigenvalue weighted by Crippen LogP contribution is 2.43. The van der Waals surface area contributed by atoms with E-state index in [9.17, 15) is 32.3 Å². The zero-order valence-corrected chi connectivity index (χ0v) is 18.7. The Kier molecular flexibility index (Phi) is 7.81.